The Morgan fingerprint density at radius 1 is 1.73 bits per heavy atom. The molecule has 1 aliphatic rings. The summed E-state index contributed by atoms with van der Waals surface area (Å²) < 4.78 is 7.10. The van der Waals surface area contributed by atoms with Crippen LogP contribution in [0.15, 0.2) is 12.7 Å². The summed E-state index contributed by atoms with van der Waals surface area (Å²) in [5, 5.41) is 7.16. The summed E-state index contributed by atoms with van der Waals surface area (Å²) in [5.74, 6) is -0.490. The predicted octanol–water partition coefficient (Wildman–Crippen LogP) is -0.472. The third-order valence-corrected chi connectivity index (χ3v) is 1.79. The average Bonchev–Trinajstić information content (AvgIpc) is 2.55. The van der Waals surface area contributed by atoms with E-state index in [0.717, 1.165) is 13.2 Å². The molecule has 1 aliphatic heterocycles. The summed E-state index contributed by atoms with van der Waals surface area (Å²) in [6, 6.07) is 0. The molecule has 0 bridgehead atoms. The quantitative estimate of drug-likeness (QED) is 0.594. The van der Waals surface area contributed by atoms with Gasteiger partial charge in [0, 0.05) is 13.5 Å². The van der Waals surface area contributed by atoms with Crippen LogP contribution in [0.4, 0.5) is 0 Å². The third kappa shape index (κ3) is 1.02. The molecule has 1 aromatic rings. The molecule has 5 nitrogen and oxygen atoms in total. The van der Waals surface area contributed by atoms with Crippen molar-refractivity contribution in [1.82, 2.24) is 20.1 Å². The van der Waals surface area contributed by atoms with Crippen molar-refractivity contribution in [3.05, 3.63) is 12.7 Å². The second-order valence-corrected chi connectivity index (χ2v) is 2.60. The van der Waals surface area contributed by atoms with E-state index < -0.39 is 5.85 Å². The summed E-state index contributed by atoms with van der Waals surface area (Å²) in [4.78, 5) is 3.84. The Morgan fingerprint density at radius 3 is 3.18 bits per heavy atom. The van der Waals surface area contributed by atoms with Crippen LogP contribution in [0.3, 0.4) is 0 Å². The van der Waals surface area contributed by atoms with Crippen molar-refractivity contribution in [3.63, 3.8) is 0 Å². The number of ether oxygens (including phenoxy) is 1. The first-order valence-corrected chi connectivity index (χ1v) is 3.55. The van der Waals surface area contributed by atoms with Crippen LogP contribution in [-0.2, 0) is 10.6 Å². The van der Waals surface area contributed by atoms with Crippen molar-refractivity contribution in [3.8, 4) is 0 Å². The van der Waals surface area contributed by atoms with Gasteiger partial charge in [0.25, 0.3) is 0 Å². The second-order valence-electron chi connectivity index (χ2n) is 2.60. The molecular formula is C6H10N4O. The summed E-state index contributed by atoms with van der Waals surface area (Å²) in [6.07, 6.45) is 3.13. The van der Waals surface area contributed by atoms with Gasteiger partial charge in [0.05, 0.1) is 6.61 Å². The molecule has 1 aromatic heterocycles. The lowest BCUT2D eigenvalue weighted by Gasteiger charge is -2.22. The molecule has 0 saturated carbocycles. The van der Waals surface area contributed by atoms with E-state index in [1.54, 1.807) is 11.0 Å². The van der Waals surface area contributed by atoms with E-state index in [1.165, 1.54) is 6.33 Å². The van der Waals surface area contributed by atoms with Crippen molar-refractivity contribution in [2.45, 2.75) is 12.8 Å². The van der Waals surface area contributed by atoms with Gasteiger partial charge in [0.2, 0.25) is 5.85 Å². The molecule has 1 unspecified atom stereocenters. The van der Waals surface area contributed by atoms with Gasteiger partial charge in [-0.15, -0.1) is 0 Å². The first-order valence-electron chi connectivity index (χ1n) is 3.55. The summed E-state index contributed by atoms with van der Waals surface area (Å²) in [5.41, 5.74) is 0. The molecular weight excluding hydrogens is 144 g/mol. The van der Waals surface area contributed by atoms with Crippen molar-refractivity contribution in [1.29, 1.82) is 0 Å². The third-order valence-electron chi connectivity index (χ3n) is 1.79. The smallest absolute Gasteiger partial charge is 0.216 e. The first-order chi connectivity index (χ1) is 5.31. The first kappa shape index (κ1) is 6.75. The van der Waals surface area contributed by atoms with E-state index in [1.807, 2.05) is 6.92 Å². The fraction of sp³-hybridized carbons (Fsp3) is 0.667. The van der Waals surface area contributed by atoms with Gasteiger partial charge in [-0.1, -0.05) is 0 Å². The molecule has 0 radical (unpaired) electrons. The van der Waals surface area contributed by atoms with Gasteiger partial charge in [0.1, 0.15) is 12.7 Å². The normalized spacial score (nSPS) is 31.0. The summed E-state index contributed by atoms with van der Waals surface area (Å²) >= 11 is 0. The van der Waals surface area contributed by atoms with Gasteiger partial charge in [-0.05, 0) is 0 Å². The van der Waals surface area contributed by atoms with Crippen molar-refractivity contribution in [2.75, 3.05) is 13.2 Å². The van der Waals surface area contributed by atoms with Crippen LogP contribution in [0.5, 0.6) is 0 Å². The minimum absolute atomic E-state index is 0.490. The molecule has 2 rings (SSSR count). The zero-order valence-corrected chi connectivity index (χ0v) is 6.32. The highest BCUT2D eigenvalue weighted by molar-refractivity contribution is 4.74. The van der Waals surface area contributed by atoms with Crippen molar-refractivity contribution in [2.24, 2.45) is 0 Å². The minimum atomic E-state index is -0.490. The molecule has 11 heavy (non-hydrogen) atoms. The number of nitrogens with zero attached hydrogens (tertiary/aromatic N) is 3. The molecule has 0 aromatic carbocycles. The van der Waals surface area contributed by atoms with E-state index in [2.05, 4.69) is 15.4 Å². The Morgan fingerprint density at radius 2 is 2.64 bits per heavy atom. The van der Waals surface area contributed by atoms with Gasteiger partial charge in [0.15, 0.2) is 0 Å². The number of nitrogens with one attached hydrogen (secondary N) is 1. The Hall–Kier alpha value is -0.940. The minimum Gasteiger partial charge on any atom is -0.340 e. The maximum atomic E-state index is 5.43. The van der Waals surface area contributed by atoms with Crippen LogP contribution in [0, 0.1) is 0 Å². The van der Waals surface area contributed by atoms with E-state index in [9.17, 15) is 0 Å². The lowest BCUT2D eigenvalue weighted by atomic mass is 10.5. The molecule has 5 heteroatoms. The van der Waals surface area contributed by atoms with E-state index in [4.69, 9.17) is 4.74 Å². The largest absolute Gasteiger partial charge is 0.340 e. The van der Waals surface area contributed by atoms with Crippen molar-refractivity contribution < 1.29 is 4.74 Å². The van der Waals surface area contributed by atoms with E-state index >= 15 is 0 Å². The van der Waals surface area contributed by atoms with Gasteiger partial charge in [-0.2, -0.15) is 5.10 Å². The van der Waals surface area contributed by atoms with Crippen LogP contribution in [0.2, 0.25) is 0 Å². The van der Waals surface area contributed by atoms with Gasteiger partial charge < -0.3 is 4.74 Å². The van der Waals surface area contributed by atoms with Crippen LogP contribution in [0.1, 0.15) is 6.92 Å². The van der Waals surface area contributed by atoms with Crippen molar-refractivity contribution >= 4 is 0 Å². The number of rotatable bonds is 1. The maximum Gasteiger partial charge on any atom is 0.216 e. The molecule has 0 amide bonds. The molecule has 0 aliphatic carbocycles. The SMILES string of the molecule is CC1(n2cncn2)NCCO1. The zero-order valence-electron chi connectivity index (χ0n) is 6.32. The highest BCUT2D eigenvalue weighted by atomic mass is 16.5. The summed E-state index contributed by atoms with van der Waals surface area (Å²) in [7, 11) is 0. The van der Waals surface area contributed by atoms with E-state index in [0.29, 0.717) is 0 Å². The fourth-order valence-electron chi connectivity index (χ4n) is 1.16. The monoisotopic (exact) mass is 154 g/mol. The topological polar surface area (TPSA) is 52.0 Å². The molecule has 0 spiro atoms. The molecule has 2 heterocycles. The molecule has 1 N–H and O–H groups in total. The fourth-order valence-corrected chi connectivity index (χ4v) is 1.16. The van der Waals surface area contributed by atoms with Gasteiger partial charge in [-0.25, -0.2) is 9.67 Å². The maximum absolute atomic E-state index is 5.43. The molecule has 60 valence electrons. The number of hydrogen-bond donors (Lipinski definition) is 1. The molecule has 1 saturated heterocycles. The Balaban J connectivity index is 2.27. The molecule has 1 fully saturated rings. The highest BCUT2D eigenvalue weighted by Gasteiger charge is 2.31. The predicted molar refractivity (Wildman–Crippen MR) is 37.6 cm³/mol. The van der Waals surface area contributed by atoms with Gasteiger partial charge >= 0.3 is 0 Å². The van der Waals surface area contributed by atoms with Crippen LogP contribution in [-0.4, -0.2) is 27.9 Å². The Kier molecular flexibility index (Phi) is 1.40. The highest BCUT2D eigenvalue weighted by Crippen LogP contribution is 2.15. The Bertz CT molecular complexity index is 227. The Labute approximate surface area is 64.4 Å². The van der Waals surface area contributed by atoms with E-state index in [-0.39, 0.29) is 0 Å². The van der Waals surface area contributed by atoms with Crippen LogP contribution < -0.4 is 5.32 Å². The van der Waals surface area contributed by atoms with Crippen LogP contribution in [0.25, 0.3) is 0 Å². The zero-order chi connectivity index (χ0) is 7.73. The lowest BCUT2D eigenvalue weighted by Crippen LogP contribution is -2.41. The average molecular weight is 154 g/mol. The summed E-state index contributed by atoms with van der Waals surface area (Å²) in [6.45, 7) is 3.50. The molecule has 1 atom stereocenters. The van der Waals surface area contributed by atoms with Gasteiger partial charge in [-0.3, -0.25) is 5.32 Å². The van der Waals surface area contributed by atoms with Crippen LogP contribution >= 0.6 is 0 Å². The standard InChI is InChI=1S/C6H10N4O/c1-6(8-2-3-11-6)10-5-7-4-9-10/h4-5,8H,2-3H2,1H3. The number of hydrogen-bond acceptors (Lipinski definition) is 4. The second kappa shape index (κ2) is 2.28. The lowest BCUT2D eigenvalue weighted by molar-refractivity contribution is -0.0714. The number of aromatic nitrogens is 3.